The van der Waals surface area contributed by atoms with Crippen molar-refractivity contribution >= 4 is 27.5 Å². The number of halogens is 2. The Labute approximate surface area is 122 Å². The third-order valence-electron chi connectivity index (χ3n) is 4.42. The third-order valence-corrected chi connectivity index (χ3v) is 5.70. The van der Waals surface area contributed by atoms with Gasteiger partial charge in [0.1, 0.15) is 11.0 Å². The summed E-state index contributed by atoms with van der Waals surface area (Å²) in [5.41, 5.74) is 1.49. The molecule has 0 amide bonds. The molecule has 2 fully saturated rings. The largest absolute Gasteiger partial charge is 0.236 e. The lowest BCUT2D eigenvalue weighted by Gasteiger charge is -2.14. The number of rotatable bonds is 2. The average molecular weight is 330 g/mol. The van der Waals surface area contributed by atoms with Crippen LogP contribution in [0.1, 0.15) is 69.3 Å². The standard InChI is InChI=1S/C14H18BrClN2/c1-14(2)7-9(14)13-17-11(8-5-3-4-6-8)10(15)12(16)18-13/h8-9H,3-7H2,1-2H3. The van der Waals surface area contributed by atoms with Crippen LogP contribution in [-0.2, 0) is 0 Å². The van der Waals surface area contributed by atoms with Gasteiger partial charge in [-0.15, -0.1) is 0 Å². The van der Waals surface area contributed by atoms with E-state index in [-0.39, 0.29) is 0 Å². The van der Waals surface area contributed by atoms with E-state index in [0.717, 1.165) is 16.0 Å². The summed E-state index contributed by atoms with van der Waals surface area (Å²) in [5.74, 6) is 2.01. The van der Waals surface area contributed by atoms with E-state index < -0.39 is 0 Å². The van der Waals surface area contributed by atoms with E-state index in [1.807, 2.05) is 0 Å². The minimum Gasteiger partial charge on any atom is -0.236 e. The Morgan fingerprint density at radius 3 is 2.39 bits per heavy atom. The fourth-order valence-electron chi connectivity index (χ4n) is 2.99. The molecular formula is C14H18BrClN2. The molecule has 3 rings (SSSR count). The van der Waals surface area contributed by atoms with E-state index in [2.05, 4.69) is 34.8 Å². The van der Waals surface area contributed by atoms with Crippen LogP contribution in [0.3, 0.4) is 0 Å². The van der Waals surface area contributed by atoms with E-state index >= 15 is 0 Å². The van der Waals surface area contributed by atoms with Crippen LogP contribution in [0.5, 0.6) is 0 Å². The molecule has 0 aliphatic heterocycles. The maximum absolute atomic E-state index is 6.26. The van der Waals surface area contributed by atoms with Gasteiger partial charge >= 0.3 is 0 Å². The van der Waals surface area contributed by atoms with Gasteiger partial charge in [-0.1, -0.05) is 38.3 Å². The summed E-state index contributed by atoms with van der Waals surface area (Å²) < 4.78 is 0.915. The minimum atomic E-state index is 0.351. The van der Waals surface area contributed by atoms with Crippen LogP contribution in [0.2, 0.25) is 5.15 Å². The molecule has 1 atom stereocenters. The summed E-state index contributed by atoms with van der Waals surface area (Å²) in [5, 5.41) is 0.588. The molecule has 0 N–H and O–H groups in total. The minimum absolute atomic E-state index is 0.351. The smallest absolute Gasteiger partial charge is 0.147 e. The first-order valence-corrected chi connectivity index (χ1v) is 7.89. The van der Waals surface area contributed by atoms with Crippen LogP contribution in [0.15, 0.2) is 4.47 Å². The van der Waals surface area contributed by atoms with Crippen LogP contribution < -0.4 is 0 Å². The molecule has 2 saturated carbocycles. The van der Waals surface area contributed by atoms with Gasteiger partial charge in [0, 0.05) is 11.8 Å². The number of aromatic nitrogens is 2. The molecule has 98 valence electrons. The lowest BCUT2D eigenvalue weighted by molar-refractivity contribution is 0.600. The second kappa shape index (κ2) is 4.45. The highest BCUT2D eigenvalue weighted by atomic mass is 79.9. The van der Waals surface area contributed by atoms with Crippen molar-refractivity contribution in [3.8, 4) is 0 Å². The summed E-state index contributed by atoms with van der Waals surface area (Å²) in [7, 11) is 0. The van der Waals surface area contributed by atoms with E-state index in [4.69, 9.17) is 16.6 Å². The zero-order valence-corrected chi connectivity index (χ0v) is 13.2. The van der Waals surface area contributed by atoms with Crippen molar-refractivity contribution in [2.24, 2.45) is 5.41 Å². The van der Waals surface area contributed by atoms with Crippen molar-refractivity contribution in [3.63, 3.8) is 0 Å². The third kappa shape index (κ3) is 2.20. The van der Waals surface area contributed by atoms with Gasteiger partial charge in [-0.3, -0.25) is 0 Å². The lowest BCUT2D eigenvalue weighted by atomic mass is 10.0. The predicted molar refractivity (Wildman–Crippen MR) is 77.1 cm³/mol. The van der Waals surface area contributed by atoms with Crippen LogP contribution in [0.25, 0.3) is 0 Å². The van der Waals surface area contributed by atoms with Gasteiger partial charge in [0.05, 0.1) is 10.2 Å². The van der Waals surface area contributed by atoms with Gasteiger partial charge in [0.25, 0.3) is 0 Å². The zero-order valence-electron chi connectivity index (χ0n) is 10.8. The van der Waals surface area contributed by atoms with Gasteiger partial charge < -0.3 is 0 Å². The Morgan fingerprint density at radius 2 is 1.83 bits per heavy atom. The zero-order chi connectivity index (χ0) is 12.9. The monoisotopic (exact) mass is 328 g/mol. The molecule has 1 heterocycles. The molecule has 1 aromatic rings. The Hall–Kier alpha value is -0.150. The van der Waals surface area contributed by atoms with Crippen molar-refractivity contribution in [3.05, 3.63) is 21.1 Å². The SMILES string of the molecule is CC1(C)CC1c1nc(Cl)c(Br)c(C2CCCC2)n1. The second-order valence-electron chi connectivity index (χ2n) is 6.30. The predicted octanol–water partition coefficient (Wildman–Crippen LogP) is 5.06. The van der Waals surface area contributed by atoms with E-state index in [9.17, 15) is 0 Å². The fourth-order valence-corrected chi connectivity index (χ4v) is 3.67. The topological polar surface area (TPSA) is 25.8 Å². The fraction of sp³-hybridized carbons (Fsp3) is 0.714. The molecule has 0 spiro atoms. The first-order valence-electron chi connectivity index (χ1n) is 6.72. The Kier molecular flexibility index (Phi) is 3.18. The van der Waals surface area contributed by atoms with E-state index in [0.29, 0.717) is 22.4 Å². The molecule has 0 saturated heterocycles. The van der Waals surface area contributed by atoms with Crippen molar-refractivity contribution in [2.45, 2.75) is 57.8 Å². The lowest BCUT2D eigenvalue weighted by Crippen LogP contribution is -2.06. The molecule has 1 unspecified atom stereocenters. The van der Waals surface area contributed by atoms with Gasteiger partial charge in [0.2, 0.25) is 0 Å². The van der Waals surface area contributed by atoms with Crippen molar-refractivity contribution in [2.75, 3.05) is 0 Å². The molecule has 1 aromatic heterocycles. The molecule has 2 nitrogen and oxygen atoms in total. The molecule has 18 heavy (non-hydrogen) atoms. The number of hydrogen-bond acceptors (Lipinski definition) is 2. The Morgan fingerprint density at radius 1 is 1.22 bits per heavy atom. The second-order valence-corrected chi connectivity index (χ2v) is 7.45. The number of nitrogens with zero attached hydrogens (tertiary/aromatic N) is 2. The van der Waals surface area contributed by atoms with Crippen LogP contribution in [-0.4, -0.2) is 9.97 Å². The Bertz CT molecular complexity index is 481. The molecule has 0 aromatic carbocycles. The van der Waals surface area contributed by atoms with Gasteiger partial charge in [0.15, 0.2) is 0 Å². The summed E-state index contributed by atoms with van der Waals surface area (Å²) in [6.07, 6.45) is 6.26. The maximum Gasteiger partial charge on any atom is 0.147 e. The molecule has 4 heteroatoms. The summed E-state index contributed by atoms with van der Waals surface area (Å²) in [6.45, 7) is 4.54. The van der Waals surface area contributed by atoms with E-state index in [1.54, 1.807) is 0 Å². The normalized spacial score (nSPS) is 26.6. The summed E-state index contributed by atoms with van der Waals surface area (Å²) >= 11 is 9.83. The highest BCUT2D eigenvalue weighted by Crippen LogP contribution is 2.58. The van der Waals surface area contributed by atoms with Crippen molar-refractivity contribution in [1.82, 2.24) is 9.97 Å². The molecule has 0 bridgehead atoms. The summed E-state index contributed by atoms with van der Waals surface area (Å²) in [6, 6.07) is 0. The van der Waals surface area contributed by atoms with Gasteiger partial charge in [-0.25, -0.2) is 9.97 Å². The molecular weight excluding hydrogens is 312 g/mol. The first-order chi connectivity index (χ1) is 8.49. The molecule has 2 aliphatic carbocycles. The van der Waals surface area contributed by atoms with Gasteiger partial charge in [-0.05, 0) is 40.6 Å². The highest BCUT2D eigenvalue weighted by Gasteiger charge is 2.49. The maximum atomic E-state index is 6.26. The summed E-state index contributed by atoms with van der Waals surface area (Å²) in [4.78, 5) is 9.30. The number of hydrogen-bond donors (Lipinski definition) is 0. The average Bonchev–Trinajstić information content (AvgIpc) is 2.78. The van der Waals surface area contributed by atoms with E-state index in [1.165, 1.54) is 32.1 Å². The van der Waals surface area contributed by atoms with Crippen LogP contribution in [0.4, 0.5) is 0 Å². The Balaban J connectivity index is 1.97. The van der Waals surface area contributed by atoms with Crippen LogP contribution >= 0.6 is 27.5 Å². The van der Waals surface area contributed by atoms with Crippen LogP contribution in [0, 0.1) is 5.41 Å². The molecule has 0 radical (unpaired) electrons. The molecule has 2 aliphatic rings. The quantitative estimate of drug-likeness (QED) is 0.708. The first kappa shape index (κ1) is 12.9. The van der Waals surface area contributed by atoms with Crippen molar-refractivity contribution < 1.29 is 0 Å². The van der Waals surface area contributed by atoms with Crippen molar-refractivity contribution in [1.29, 1.82) is 0 Å². The highest BCUT2D eigenvalue weighted by molar-refractivity contribution is 9.10. The van der Waals surface area contributed by atoms with Gasteiger partial charge in [-0.2, -0.15) is 0 Å².